The number of aryl methyl sites for hydroxylation is 2. The molecule has 216 valence electrons. The summed E-state index contributed by atoms with van der Waals surface area (Å²) >= 11 is 0. The second-order valence-electron chi connectivity index (χ2n) is 9.55. The van der Waals surface area contributed by atoms with Crippen molar-refractivity contribution in [3.63, 3.8) is 0 Å². The van der Waals surface area contributed by atoms with E-state index in [2.05, 4.69) is 10.6 Å². The maximum atomic E-state index is 11.9. The fraction of sp³-hybridized carbons (Fsp3) is 0.571. The van der Waals surface area contributed by atoms with Crippen molar-refractivity contribution in [1.82, 2.24) is 19.8 Å². The van der Waals surface area contributed by atoms with Gasteiger partial charge in [-0.05, 0) is 39.5 Å². The first-order chi connectivity index (χ1) is 18.7. The smallest absolute Gasteiger partial charge is 0.223 e. The van der Waals surface area contributed by atoms with Gasteiger partial charge in [-0.25, -0.2) is 0 Å². The normalized spacial score (nSPS) is 10.9. The minimum Gasteiger partial charge on any atom is -0.503 e. The molecule has 0 fully saturated rings. The summed E-state index contributed by atoms with van der Waals surface area (Å²) < 4.78 is 9.13. The standard InChI is InChI=1S/C28H42N4O7/c1-21-27(37)23(33)11-17-31(21)15-7-3-5-9-25(35)29-13-19-39-20-14-30-26(36)10-6-4-8-16-32-18-12-24(34)28(38)22(32)2/h11-12,17-18,37-38H,3-10,13-16,19-20H2,1-2H3,(H,29,35)(H,30,36). The van der Waals surface area contributed by atoms with Gasteiger partial charge in [0.2, 0.25) is 22.7 Å². The van der Waals surface area contributed by atoms with E-state index in [0.29, 0.717) is 63.6 Å². The molecule has 2 rings (SSSR count). The van der Waals surface area contributed by atoms with Crippen molar-refractivity contribution in [1.29, 1.82) is 0 Å². The second-order valence-corrected chi connectivity index (χ2v) is 9.55. The number of aromatic hydroxyl groups is 2. The first-order valence-corrected chi connectivity index (χ1v) is 13.6. The van der Waals surface area contributed by atoms with Gasteiger partial charge < -0.3 is 34.7 Å². The van der Waals surface area contributed by atoms with Crippen molar-refractivity contribution in [2.45, 2.75) is 78.3 Å². The van der Waals surface area contributed by atoms with Crippen LogP contribution in [0.3, 0.4) is 0 Å². The lowest BCUT2D eigenvalue weighted by atomic mass is 10.2. The molecular weight excluding hydrogens is 504 g/mol. The Morgan fingerprint density at radius 3 is 1.54 bits per heavy atom. The second kappa shape index (κ2) is 17.1. The SMILES string of the molecule is Cc1c(O)c(=O)ccn1CCCCCC(=O)NCCOCCNC(=O)CCCCCn1ccc(=O)c(O)c1C. The van der Waals surface area contributed by atoms with E-state index in [-0.39, 0.29) is 34.2 Å². The van der Waals surface area contributed by atoms with Gasteiger partial charge in [-0.15, -0.1) is 0 Å². The van der Waals surface area contributed by atoms with E-state index in [9.17, 15) is 29.4 Å². The molecule has 2 aromatic rings. The molecule has 0 unspecified atom stereocenters. The highest BCUT2D eigenvalue weighted by Crippen LogP contribution is 2.12. The van der Waals surface area contributed by atoms with Crippen LogP contribution in [0, 0.1) is 13.8 Å². The van der Waals surface area contributed by atoms with Crippen LogP contribution >= 0.6 is 0 Å². The molecule has 0 spiro atoms. The van der Waals surface area contributed by atoms with Gasteiger partial charge in [-0.3, -0.25) is 19.2 Å². The van der Waals surface area contributed by atoms with Crippen LogP contribution < -0.4 is 21.5 Å². The Bertz CT molecular complexity index is 1100. The molecule has 39 heavy (non-hydrogen) atoms. The Morgan fingerprint density at radius 1 is 0.718 bits per heavy atom. The summed E-state index contributed by atoms with van der Waals surface area (Å²) in [5.74, 6) is -0.492. The molecule has 0 aliphatic heterocycles. The first-order valence-electron chi connectivity index (χ1n) is 13.6. The average molecular weight is 547 g/mol. The van der Waals surface area contributed by atoms with Crippen molar-refractivity contribution in [3.8, 4) is 11.5 Å². The molecule has 0 aromatic carbocycles. The summed E-state index contributed by atoms with van der Waals surface area (Å²) in [6, 6.07) is 2.70. The van der Waals surface area contributed by atoms with E-state index in [4.69, 9.17) is 4.74 Å². The zero-order chi connectivity index (χ0) is 28.6. The number of ether oxygens (including phenoxy) is 1. The zero-order valence-electron chi connectivity index (χ0n) is 23.0. The Hall–Kier alpha value is -3.60. The average Bonchev–Trinajstić information content (AvgIpc) is 2.91. The molecule has 0 saturated carbocycles. The third-order valence-corrected chi connectivity index (χ3v) is 6.57. The molecule has 0 saturated heterocycles. The number of carbonyl (C=O) groups excluding carboxylic acids is 2. The molecule has 11 heteroatoms. The lowest BCUT2D eigenvalue weighted by Crippen LogP contribution is -2.30. The quantitative estimate of drug-likeness (QED) is 0.209. The fourth-order valence-corrected chi connectivity index (χ4v) is 4.10. The number of hydrogen-bond acceptors (Lipinski definition) is 7. The molecule has 0 aliphatic rings. The van der Waals surface area contributed by atoms with Crippen LogP contribution in [0.15, 0.2) is 34.1 Å². The van der Waals surface area contributed by atoms with E-state index in [1.54, 1.807) is 26.2 Å². The van der Waals surface area contributed by atoms with Gasteiger partial charge in [0.05, 0.1) is 24.6 Å². The highest BCUT2D eigenvalue weighted by atomic mass is 16.5. The van der Waals surface area contributed by atoms with Crippen molar-refractivity contribution in [2.75, 3.05) is 26.3 Å². The number of pyridine rings is 2. The molecule has 11 nitrogen and oxygen atoms in total. The number of hydrogen-bond donors (Lipinski definition) is 4. The lowest BCUT2D eigenvalue weighted by Gasteiger charge is -2.11. The van der Waals surface area contributed by atoms with Crippen molar-refractivity contribution >= 4 is 11.8 Å². The highest BCUT2D eigenvalue weighted by molar-refractivity contribution is 5.76. The first kappa shape index (κ1) is 31.6. The molecule has 4 N–H and O–H groups in total. The maximum Gasteiger partial charge on any atom is 0.223 e. The number of nitrogens with zero attached hydrogens (tertiary/aromatic N) is 2. The summed E-state index contributed by atoms with van der Waals surface area (Å²) in [5.41, 5.74) is 0.343. The van der Waals surface area contributed by atoms with E-state index >= 15 is 0 Å². The molecule has 0 bridgehead atoms. The fourth-order valence-electron chi connectivity index (χ4n) is 4.10. The minimum absolute atomic E-state index is 0.0307. The monoisotopic (exact) mass is 546 g/mol. The van der Waals surface area contributed by atoms with Gasteiger partial charge in [0, 0.05) is 63.5 Å². The number of amides is 2. The van der Waals surface area contributed by atoms with E-state index < -0.39 is 0 Å². The van der Waals surface area contributed by atoms with Gasteiger partial charge in [-0.2, -0.15) is 0 Å². The predicted molar refractivity (Wildman–Crippen MR) is 148 cm³/mol. The molecular formula is C28H42N4O7. The largest absolute Gasteiger partial charge is 0.503 e. The Kier molecular flexibility index (Phi) is 13.8. The minimum atomic E-state index is -0.378. The van der Waals surface area contributed by atoms with Crippen LogP contribution in [0.5, 0.6) is 11.5 Å². The van der Waals surface area contributed by atoms with Crippen molar-refractivity contribution in [2.24, 2.45) is 0 Å². The Labute approximate surface area is 228 Å². The van der Waals surface area contributed by atoms with Gasteiger partial charge in [0.1, 0.15) is 0 Å². The summed E-state index contributed by atoms with van der Waals surface area (Å²) in [4.78, 5) is 46.7. The van der Waals surface area contributed by atoms with E-state index in [1.807, 2.05) is 9.13 Å². The van der Waals surface area contributed by atoms with E-state index in [0.717, 1.165) is 38.5 Å². The third-order valence-electron chi connectivity index (χ3n) is 6.57. The van der Waals surface area contributed by atoms with Crippen molar-refractivity contribution in [3.05, 3.63) is 56.4 Å². The number of aromatic nitrogens is 2. The Morgan fingerprint density at radius 2 is 1.13 bits per heavy atom. The lowest BCUT2D eigenvalue weighted by molar-refractivity contribution is -0.121. The predicted octanol–water partition coefficient (Wildman–Crippen LogP) is 2.11. The van der Waals surface area contributed by atoms with Crippen molar-refractivity contribution < 1.29 is 24.5 Å². The van der Waals surface area contributed by atoms with Gasteiger partial charge >= 0.3 is 0 Å². The molecule has 2 heterocycles. The molecule has 2 aromatic heterocycles. The molecule has 0 radical (unpaired) electrons. The molecule has 0 aliphatic carbocycles. The van der Waals surface area contributed by atoms with Crippen LogP contribution in [-0.4, -0.2) is 57.5 Å². The number of unbranched alkanes of at least 4 members (excludes halogenated alkanes) is 4. The zero-order valence-corrected chi connectivity index (χ0v) is 23.0. The molecule has 0 atom stereocenters. The number of rotatable bonds is 18. The van der Waals surface area contributed by atoms with Crippen LogP contribution in [-0.2, 0) is 27.4 Å². The Balaban J connectivity index is 1.40. The summed E-state index contributed by atoms with van der Waals surface area (Å²) in [6.07, 6.45) is 9.10. The van der Waals surface area contributed by atoms with Gasteiger partial charge in [0.25, 0.3) is 0 Å². The molecule has 2 amide bonds. The topological polar surface area (TPSA) is 152 Å². The third kappa shape index (κ3) is 11.4. The summed E-state index contributed by atoms with van der Waals surface area (Å²) in [7, 11) is 0. The van der Waals surface area contributed by atoms with Gasteiger partial charge in [0.15, 0.2) is 11.5 Å². The van der Waals surface area contributed by atoms with Crippen LogP contribution in [0.2, 0.25) is 0 Å². The van der Waals surface area contributed by atoms with E-state index in [1.165, 1.54) is 12.1 Å². The summed E-state index contributed by atoms with van der Waals surface area (Å²) in [6.45, 7) is 6.33. The maximum absolute atomic E-state index is 11.9. The van der Waals surface area contributed by atoms with Gasteiger partial charge in [-0.1, -0.05) is 12.8 Å². The van der Waals surface area contributed by atoms with Crippen LogP contribution in [0.25, 0.3) is 0 Å². The van der Waals surface area contributed by atoms with Crippen LogP contribution in [0.1, 0.15) is 62.8 Å². The number of nitrogens with one attached hydrogen (secondary N) is 2. The number of carbonyl (C=O) groups is 2. The van der Waals surface area contributed by atoms with Crippen LogP contribution in [0.4, 0.5) is 0 Å². The highest BCUT2D eigenvalue weighted by Gasteiger charge is 2.07. The summed E-state index contributed by atoms with van der Waals surface area (Å²) in [5, 5.41) is 25.1.